The Morgan fingerprint density at radius 2 is 2.39 bits per heavy atom. The van der Waals surface area contributed by atoms with E-state index in [1.165, 1.54) is 32.5 Å². The lowest BCUT2D eigenvalue weighted by atomic mass is 10.1. The smallest absolute Gasteiger partial charge is 0.151 e. The van der Waals surface area contributed by atoms with Crippen molar-refractivity contribution in [2.24, 2.45) is 13.0 Å². The van der Waals surface area contributed by atoms with Gasteiger partial charge in [-0.2, -0.15) is 5.10 Å². The van der Waals surface area contributed by atoms with Gasteiger partial charge >= 0.3 is 0 Å². The van der Waals surface area contributed by atoms with Crippen LogP contribution < -0.4 is 5.32 Å². The van der Waals surface area contributed by atoms with E-state index < -0.39 is 0 Å². The number of nitrogens with one attached hydrogen (secondary N) is 1. The van der Waals surface area contributed by atoms with E-state index in [0.717, 1.165) is 31.3 Å². The van der Waals surface area contributed by atoms with Crippen molar-refractivity contribution in [2.45, 2.75) is 26.2 Å². The van der Waals surface area contributed by atoms with Crippen LogP contribution >= 0.6 is 0 Å². The molecule has 1 saturated heterocycles. The minimum Gasteiger partial charge on any atom is -0.316 e. The summed E-state index contributed by atoms with van der Waals surface area (Å²) >= 11 is 0. The summed E-state index contributed by atoms with van der Waals surface area (Å²) in [5.74, 6) is 1.79. The van der Waals surface area contributed by atoms with Crippen LogP contribution in [0.5, 0.6) is 0 Å². The largest absolute Gasteiger partial charge is 0.316 e. The van der Waals surface area contributed by atoms with Crippen molar-refractivity contribution in [3.8, 4) is 0 Å². The van der Waals surface area contributed by atoms with Crippen molar-refractivity contribution < 1.29 is 0 Å². The molecule has 0 aliphatic carbocycles. The minimum absolute atomic E-state index is 0.827. The van der Waals surface area contributed by atoms with Crippen LogP contribution in [0.25, 0.3) is 0 Å². The quantitative estimate of drug-likeness (QED) is 0.724. The summed E-state index contributed by atoms with van der Waals surface area (Å²) in [4.78, 5) is 6.81. The zero-order chi connectivity index (χ0) is 12.8. The molecule has 1 fully saturated rings. The first-order valence-electron chi connectivity index (χ1n) is 7.05. The Morgan fingerprint density at radius 3 is 3.11 bits per heavy atom. The number of likely N-dealkylation sites (tertiary alicyclic amines) is 1. The molecule has 0 spiro atoms. The van der Waals surface area contributed by atoms with Gasteiger partial charge in [-0.15, -0.1) is 0 Å². The Kier molecular flexibility index (Phi) is 5.13. The van der Waals surface area contributed by atoms with Gasteiger partial charge in [0.25, 0.3) is 0 Å². The van der Waals surface area contributed by atoms with E-state index in [-0.39, 0.29) is 0 Å². The van der Waals surface area contributed by atoms with Gasteiger partial charge in [0.1, 0.15) is 6.33 Å². The summed E-state index contributed by atoms with van der Waals surface area (Å²) in [6.07, 6.45) is 5.29. The van der Waals surface area contributed by atoms with Gasteiger partial charge in [0, 0.05) is 26.6 Å². The Labute approximate surface area is 110 Å². The summed E-state index contributed by atoms with van der Waals surface area (Å²) in [5, 5.41) is 7.84. The molecule has 1 aromatic rings. The summed E-state index contributed by atoms with van der Waals surface area (Å²) in [6.45, 7) is 8.08. The van der Waals surface area contributed by atoms with Gasteiger partial charge in [0.05, 0.1) is 0 Å². The van der Waals surface area contributed by atoms with E-state index in [1.54, 1.807) is 11.0 Å². The maximum absolute atomic E-state index is 4.32. The number of aromatic nitrogens is 3. The first kappa shape index (κ1) is 13.5. The average molecular weight is 251 g/mol. The highest BCUT2D eigenvalue weighted by Gasteiger charge is 2.21. The van der Waals surface area contributed by atoms with Gasteiger partial charge in [-0.1, -0.05) is 6.92 Å². The Morgan fingerprint density at radius 1 is 1.50 bits per heavy atom. The fourth-order valence-corrected chi connectivity index (χ4v) is 2.52. The first-order chi connectivity index (χ1) is 8.78. The second-order valence-electron chi connectivity index (χ2n) is 5.24. The fourth-order valence-electron chi connectivity index (χ4n) is 2.52. The highest BCUT2D eigenvalue weighted by molar-refractivity contribution is 4.85. The third kappa shape index (κ3) is 4.07. The van der Waals surface area contributed by atoms with Crippen LogP contribution in [0.1, 0.15) is 25.6 Å². The third-order valence-electron chi connectivity index (χ3n) is 3.53. The molecule has 1 N–H and O–H groups in total. The molecule has 5 heteroatoms. The molecule has 1 aliphatic rings. The van der Waals surface area contributed by atoms with Crippen LogP contribution in [-0.2, 0) is 13.5 Å². The highest BCUT2D eigenvalue weighted by atomic mass is 15.3. The van der Waals surface area contributed by atoms with Crippen LogP contribution in [0.15, 0.2) is 6.33 Å². The van der Waals surface area contributed by atoms with Crippen molar-refractivity contribution in [1.29, 1.82) is 0 Å². The number of hydrogen-bond acceptors (Lipinski definition) is 4. The van der Waals surface area contributed by atoms with Crippen molar-refractivity contribution in [3.63, 3.8) is 0 Å². The lowest BCUT2D eigenvalue weighted by molar-refractivity contribution is 0.323. The zero-order valence-electron chi connectivity index (χ0n) is 11.6. The summed E-state index contributed by atoms with van der Waals surface area (Å²) < 4.78 is 1.77. The number of aryl methyl sites for hydroxylation is 1. The predicted octanol–water partition coefficient (Wildman–Crippen LogP) is 0.679. The van der Waals surface area contributed by atoms with Crippen LogP contribution in [0, 0.1) is 5.92 Å². The van der Waals surface area contributed by atoms with Crippen molar-refractivity contribution >= 4 is 0 Å². The molecule has 5 nitrogen and oxygen atoms in total. The normalized spacial score (nSPS) is 20.7. The number of hydrogen-bond donors (Lipinski definition) is 1. The molecule has 1 aliphatic heterocycles. The molecule has 0 aromatic carbocycles. The first-order valence-corrected chi connectivity index (χ1v) is 7.05. The standard InChI is InChI=1S/C13H25N5/c1-3-6-14-9-12-4-7-18(10-12)8-5-13-15-11-17(2)16-13/h11-12,14H,3-10H2,1-2H3. The number of nitrogens with zero attached hydrogens (tertiary/aromatic N) is 4. The molecule has 0 saturated carbocycles. The molecule has 1 atom stereocenters. The van der Waals surface area contributed by atoms with Gasteiger partial charge in [-0.3, -0.25) is 4.68 Å². The molecule has 0 radical (unpaired) electrons. The lowest BCUT2D eigenvalue weighted by Gasteiger charge is -2.15. The molecule has 2 rings (SSSR count). The average Bonchev–Trinajstić information content (AvgIpc) is 2.96. The van der Waals surface area contributed by atoms with Gasteiger partial charge < -0.3 is 10.2 Å². The third-order valence-corrected chi connectivity index (χ3v) is 3.53. The highest BCUT2D eigenvalue weighted by Crippen LogP contribution is 2.15. The maximum Gasteiger partial charge on any atom is 0.151 e. The molecule has 18 heavy (non-hydrogen) atoms. The van der Waals surface area contributed by atoms with Gasteiger partial charge in [-0.05, 0) is 38.4 Å². The van der Waals surface area contributed by atoms with E-state index in [0.29, 0.717) is 0 Å². The van der Waals surface area contributed by atoms with Crippen molar-refractivity contribution in [1.82, 2.24) is 25.0 Å². The summed E-state index contributed by atoms with van der Waals surface area (Å²) in [6, 6.07) is 0. The molecule has 102 valence electrons. The Balaban J connectivity index is 1.63. The van der Waals surface area contributed by atoms with Crippen molar-refractivity contribution in [3.05, 3.63) is 12.2 Å². The molecule has 1 unspecified atom stereocenters. The topological polar surface area (TPSA) is 46.0 Å². The summed E-state index contributed by atoms with van der Waals surface area (Å²) in [5.41, 5.74) is 0. The molecular weight excluding hydrogens is 226 g/mol. The molecule has 0 bridgehead atoms. The van der Waals surface area contributed by atoms with Crippen LogP contribution in [-0.4, -0.2) is 52.4 Å². The molecule has 2 heterocycles. The van der Waals surface area contributed by atoms with Crippen LogP contribution in [0.3, 0.4) is 0 Å². The second-order valence-corrected chi connectivity index (χ2v) is 5.24. The summed E-state index contributed by atoms with van der Waals surface area (Å²) in [7, 11) is 1.92. The minimum atomic E-state index is 0.827. The molecule has 1 aromatic heterocycles. The fraction of sp³-hybridized carbons (Fsp3) is 0.846. The molecule has 0 amide bonds. The number of rotatable bonds is 7. The van der Waals surface area contributed by atoms with Gasteiger partial charge in [0.15, 0.2) is 5.82 Å². The second kappa shape index (κ2) is 6.85. The molecular formula is C13H25N5. The van der Waals surface area contributed by atoms with E-state index in [4.69, 9.17) is 0 Å². The Bertz CT molecular complexity index is 349. The van der Waals surface area contributed by atoms with Crippen LogP contribution in [0.2, 0.25) is 0 Å². The maximum atomic E-state index is 4.32. The van der Waals surface area contributed by atoms with E-state index in [9.17, 15) is 0 Å². The van der Waals surface area contributed by atoms with Crippen LogP contribution in [0.4, 0.5) is 0 Å². The van der Waals surface area contributed by atoms with E-state index >= 15 is 0 Å². The predicted molar refractivity (Wildman–Crippen MR) is 72.4 cm³/mol. The van der Waals surface area contributed by atoms with Crippen molar-refractivity contribution in [2.75, 3.05) is 32.7 Å². The van der Waals surface area contributed by atoms with E-state index in [2.05, 4.69) is 27.2 Å². The SMILES string of the molecule is CCCNCC1CCN(CCc2ncn(C)n2)C1. The van der Waals surface area contributed by atoms with E-state index in [1.807, 2.05) is 7.05 Å². The monoisotopic (exact) mass is 251 g/mol. The lowest BCUT2D eigenvalue weighted by Crippen LogP contribution is -2.28. The van der Waals surface area contributed by atoms with Gasteiger partial charge in [-0.25, -0.2) is 4.98 Å². The zero-order valence-corrected chi connectivity index (χ0v) is 11.6. The Hall–Kier alpha value is -0.940. The van der Waals surface area contributed by atoms with Gasteiger partial charge in [0.2, 0.25) is 0 Å².